The average molecular weight is 303 g/mol. The van der Waals surface area contributed by atoms with E-state index in [1.54, 1.807) is 4.90 Å². The Bertz CT molecular complexity index is 535. The van der Waals surface area contributed by atoms with Crippen LogP contribution in [-0.2, 0) is 16.1 Å². The second kappa shape index (κ2) is 6.79. The summed E-state index contributed by atoms with van der Waals surface area (Å²) in [5, 5.41) is 6.11. The highest BCUT2D eigenvalue weighted by Gasteiger charge is 2.35. The standard InChI is InChI=1S/C16H21N3O3/c20-15-13-6-8-19(9-7-14(13)17-11-18-15)16(21)22-10-12-4-2-1-3-5-12/h1-5,13-14,17H,6-11H2,(H,18,20). The van der Waals surface area contributed by atoms with Crippen LogP contribution in [0.2, 0.25) is 0 Å². The monoisotopic (exact) mass is 303 g/mol. The normalized spacial score (nSPS) is 24.9. The molecular weight excluding hydrogens is 282 g/mol. The van der Waals surface area contributed by atoms with E-state index in [1.807, 2.05) is 30.3 Å². The minimum atomic E-state index is -0.303. The Balaban J connectivity index is 1.54. The number of benzene rings is 1. The van der Waals surface area contributed by atoms with Crippen molar-refractivity contribution in [3.63, 3.8) is 0 Å². The molecule has 2 aliphatic heterocycles. The van der Waals surface area contributed by atoms with Gasteiger partial charge in [0.25, 0.3) is 0 Å². The van der Waals surface area contributed by atoms with E-state index in [9.17, 15) is 9.59 Å². The molecule has 2 N–H and O–H groups in total. The summed E-state index contributed by atoms with van der Waals surface area (Å²) < 4.78 is 5.37. The molecule has 2 amide bonds. The molecule has 2 atom stereocenters. The Labute approximate surface area is 129 Å². The number of fused-ring (bicyclic) bond motifs is 1. The first-order chi connectivity index (χ1) is 10.7. The highest BCUT2D eigenvalue weighted by molar-refractivity contribution is 5.80. The molecule has 2 fully saturated rings. The van der Waals surface area contributed by atoms with Gasteiger partial charge in [-0.15, -0.1) is 0 Å². The number of carbonyl (C=O) groups is 2. The zero-order chi connectivity index (χ0) is 15.4. The molecule has 6 nitrogen and oxygen atoms in total. The topological polar surface area (TPSA) is 70.7 Å². The fraction of sp³-hybridized carbons (Fsp3) is 0.500. The Morgan fingerprint density at radius 1 is 1.23 bits per heavy atom. The fourth-order valence-electron chi connectivity index (χ4n) is 3.06. The van der Waals surface area contributed by atoms with Gasteiger partial charge in [0, 0.05) is 19.1 Å². The molecule has 0 saturated carbocycles. The smallest absolute Gasteiger partial charge is 0.410 e. The molecule has 0 aliphatic carbocycles. The van der Waals surface area contributed by atoms with E-state index in [4.69, 9.17) is 4.74 Å². The van der Waals surface area contributed by atoms with Crippen molar-refractivity contribution >= 4 is 12.0 Å². The van der Waals surface area contributed by atoms with Gasteiger partial charge in [-0.25, -0.2) is 4.79 Å². The van der Waals surface area contributed by atoms with Crippen molar-refractivity contribution in [1.29, 1.82) is 0 Å². The Morgan fingerprint density at radius 3 is 2.82 bits per heavy atom. The van der Waals surface area contributed by atoms with Crippen LogP contribution in [0.4, 0.5) is 4.79 Å². The molecule has 0 radical (unpaired) electrons. The predicted octanol–water partition coefficient (Wildman–Crippen LogP) is 1.08. The van der Waals surface area contributed by atoms with E-state index in [0.717, 1.165) is 12.0 Å². The van der Waals surface area contributed by atoms with Gasteiger partial charge in [0.15, 0.2) is 0 Å². The molecule has 1 aromatic rings. The maximum absolute atomic E-state index is 12.2. The van der Waals surface area contributed by atoms with Crippen LogP contribution in [0, 0.1) is 5.92 Å². The van der Waals surface area contributed by atoms with Crippen LogP contribution in [-0.4, -0.2) is 42.7 Å². The summed E-state index contributed by atoms with van der Waals surface area (Å²) in [5.41, 5.74) is 0.973. The molecule has 1 aromatic carbocycles. The fourth-order valence-corrected chi connectivity index (χ4v) is 3.06. The zero-order valence-electron chi connectivity index (χ0n) is 12.5. The lowest BCUT2D eigenvalue weighted by Crippen LogP contribution is -2.54. The number of rotatable bonds is 2. The maximum atomic E-state index is 12.2. The first-order valence-corrected chi connectivity index (χ1v) is 7.71. The summed E-state index contributed by atoms with van der Waals surface area (Å²) in [6.45, 7) is 1.97. The third-order valence-corrected chi connectivity index (χ3v) is 4.33. The minimum Gasteiger partial charge on any atom is -0.445 e. The van der Waals surface area contributed by atoms with E-state index in [-0.39, 0.29) is 30.6 Å². The van der Waals surface area contributed by atoms with E-state index in [0.29, 0.717) is 26.2 Å². The van der Waals surface area contributed by atoms with Gasteiger partial charge in [0.05, 0.1) is 12.6 Å². The lowest BCUT2D eigenvalue weighted by molar-refractivity contribution is -0.128. The number of hydrogen-bond donors (Lipinski definition) is 2. The average Bonchev–Trinajstić information content (AvgIpc) is 2.77. The van der Waals surface area contributed by atoms with Gasteiger partial charge in [-0.2, -0.15) is 0 Å². The molecule has 0 spiro atoms. The molecule has 0 aromatic heterocycles. The molecule has 118 valence electrons. The second-order valence-electron chi connectivity index (χ2n) is 5.74. The highest BCUT2D eigenvalue weighted by Crippen LogP contribution is 2.21. The number of hydrogen-bond acceptors (Lipinski definition) is 4. The first-order valence-electron chi connectivity index (χ1n) is 7.71. The highest BCUT2D eigenvalue weighted by atomic mass is 16.6. The Hall–Kier alpha value is -2.08. The summed E-state index contributed by atoms with van der Waals surface area (Å²) >= 11 is 0. The van der Waals surface area contributed by atoms with Gasteiger partial charge in [-0.3, -0.25) is 10.1 Å². The molecule has 6 heteroatoms. The number of nitrogens with one attached hydrogen (secondary N) is 2. The summed E-state index contributed by atoms with van der Waals surface area (Å²) in [6.07, 6.45) is 1.14. The first kappa shape index (κ1) is 14.8. The van der Waals surface area contributed by atoms with Crippen LogP contribution in [0.25, 0.3) is 0 Å². The molecule has 0 bridgehead atoms. The molecule has 3 rings (SSSR count). The van der Waals surface area contributed by atoms with Crippen molar-refractivity contribution in [3.05, 3.63) is 35.9 Å². The third kappa shape index (κ3) is 3.39. The van der Waals surface area contributed by atoms with Crippen molar-refractivity contribution < 1.29 is 14.3 Å². The number of likely N-dealkylation sites (tertiary alicyclic amines) is 1. The van der Waals surface area contributed by atoms with Gasteiger partial charge in [-0.1, -0.05) is 30.3 Å². The quantitative estimate of drug-likeness (QED) is 0.858. The lowest BCUT2D eigenvalue weighted by atomic mass is 9.93. The molecule has 22 heavy (non-hydrogen) atoms. The van der Waals surface area contributed by atoms with E-state index in [2.05, 4.69) is 10.6 Å². The van der Waals surface area contributed by atoms with Gasteiger partial charge in [0.2, 0.25) is 5.91 Å². The number of ether oxygens (including phenoxy) is 1. The number of nitrogens with zero attached hydrogens (tertiary/aromatic N) is 1. The molecule has 2 saturated heterocycles. The van der Waals surface area contributed by atoms with Gasteiger partial charge in [-0.05, 0) is 18.4 Å². The van der Waals surface area contributed by atoms with E-state index >= 15 is 0 Å². The third-order valence-electron chi connectivity index (χ3n) is 4.33. The lowest BCUT2D eigenvalue weighted by Gasteiger charge is -2.30. The largest absolute Gasteiger partial charge is 0.445 e. The van der Waals surface area contributed by atoms with Gasteiger partial charge < -0.3 is 15.0 Å². The van der Waals surface area contributed by atoms with Crippen molar-refractivity contribution in [2.24, 2.45) is 5.92 Å². The minimum absolute atomic E-state index is 0.0549. The van der Waals surface area contributed by atoms with Crippen LogP contribution < -0.4 is 10.6 Å². The Kier molecular flexibility index (Phi) is 4.58. The van der Waals surface area contributed by atoms with Crippen molar-refractivity contribution in [2.45, 2.75) is 25.5 Å². The van der Waals surface area contributed by atoms with Crippen LogP contribution in [0.1, 0.15) is 18.4 Å². The van der Waals surface area contributed by atoms with E-state index in [1.165, 1.54) is 0 Å². The van der Waals surface area contributed by atoms with E-state index < -0.39 is 0 Å². The SMILES string of the molecule is O=C1NCNC2CCN(C(=O)OCc3ccccc3)CCC12. The predicted molar refractivity (Wildman–Crippen MR) is 80.9 cm³/mol. The van der Waals surface area contributed by atoms with Crippen LogP contribution in [0.15, 0.2) is 30.3 Å². The summed E-state index contributed by atoms with van der Waals surface area (Å²) in [4.78, 5) is 25.8. The van der Waals surface area contributed by atoms with Crippen LogP contribution in [0.5, 0.6) is 0 Å². The van der Waals surface area contributed by atoms with Crippen LogP contribution in [0.3, 0.4) is 0 Å². The maximum Gasteiger partial charge on any atom is 0.410 e. The number of amides is 2. The van der Waals surface area contributed by atoms with Crippen LogP contribution >= 0.6 is 0 Å². The Morgan fingerprint density at radius 2 is 2.00 bits per heavy atom. The molecular formula is C16H21N3O3. The van der Waals surface area contributed by atoms with Crippen molar-refractivity contribution in [1.82, 2.24) is 15.5 Å². The van der Waals surface area contributed by atoms with Crippen molar-refractivity contribution in [3.8, 4) is 0 Å². The summed E-state index contributed by atoms with van der Waals surface area (Å²) in [6, 6.07) is 9.78. The number of carbonyl (C=O) groups excluding carboxylic acids is 2. The molecule has 2 aliphatic rings. The second-order valence-corrected chi connectivity index (χ2v) is 5.74. The summed E-state index contributed by atoms with van der Waals surface area (Å²) in [7, 11) is 0. The molecule has 2 heterocycles. The van der Waals surface area contributed by atoms with Crippen molar-refractivity contribution in [2.75, 3.05) is 19.8 Å². The zero-order valence-corrected chi connectivity index (χ0v) is 12.5. The van der Waals surface area contributed by atoms with Gasteiger partial charge in [0.1, 0.15) is 6.61 Å². The molecule has 2 unspecified atom stereocenters. The van der Waals surface area contributed by atoms with Gasteiger partial charge >= 0.3 is 6.09 Å². The summed E-state index contributed by atoms with van der Waals surface area (Å²) in [5.74, 6) is 0.0314.